The Labute approximate surface area is 145 Å². The first-order valence-electron chi connectivity index (χ1n) is 6.62. The lowest BCUT2D eigenvalue weighted by atomic mass is 10.2. The van der Waals surface area contributed by atoms with Gasteiger partial charge in [-0.25, -0.2) is 5.43 Å². The summed E-state index contributed by atoms with van der Waals surface area (Å²) >= 11 is 6.74. The monoisotopic (exact) mass is 424 g/mol. The van der Waals surface area contributed by atoms with E-state index in [2.05, 4.69) is 42.4 Å². The van der Waals surface area contributed by atoms with Gasteiger partial charge in [0, 0.05) is 14.5 Å². The fraction of sp³-hybridized carbons (Fsp3) is 0.125. The number of hydrogen-bond acceptors (Lipinski definition) is 3. The van der Waals surface area contributed by atoms with Gasteiger partial charge in [0.25, 0.3) is 5.91 Å². The molecule has 6 heteroatoms. The summed E-state index contributed by atoms with van der Waals surface area (Å²) in [5, 5.41) is 4.00. The largest absolute Gasteiger partial charge is 0.493 e. The van der Waals surface area contributed by atoms with Crippen LogP contribution in [0.4, 0.5) is 0 Å². The van der Waals surface area contributed by atoms with Gasteiger partial charge in [0.1, 0.15) is 5.75 Å². The van der Waals surface area contributed by atoms with Gasteiger partial charge in [-0.3, -0.25) is 4.79 Å². The third-order valence-corrected chi connectivity index (χ3v) is 3.94. The van der Waals surface area contributed by atoms with E-state index >= 15 is 0 Å². The molecule has 1 N–H and O–H groups in total. The number of carbonyl (C=O) groups is 1. The molecular weight excluding hydrogens is 412 g/mol. The molecule has 0 saturated heterocycles. The van der Waals surface area contributed by atoms with Gasteiger partial charge in [-0.05, 0) is 53.2 Å². The first kappa shape index (κ1) is 16.7. The van der Waals surface area contributed by atoms with Crippen LogP contribution in [-0.2, 0) is 0 Å². The molecule has 0 heterocycles. The van der Waals surface area contributed by atoms with Crippen molar-refractivity contribution in [3.8, 4) is 5.75 Å². The predicted octanol–water partition coefficient (Wildman–Crippen LogP) is 4.37. The Morgan fingerprint density at radius 3 is 2.77 bits per heavy atom. The fourth-order valence-electron chi connectivity index (χ4n) is 1.77. The van der Waals surface area contributed by atoms with Gasteiger partial charge in [0.2, 0.25) is 0 Å². The highest BCUT2D eigenvalue weighted by Crippen LogP contribution is 2.21. The highest BCUT2D eigenvalue weighted by molar-refractivity contribution is 9.10. The Morgan fingerprint density at radius 2 is 2.05 bits per heavy atom. The number of hydrazone groups is 1. The Balaban J connectivity index is 2.11. The Kier molecular flexibility index (Phi) is 6.15. The summed E-state index contributed by atoms with van der Waals surface area (Å²) in [6.07, 6.45) is 1.56. The standard InChI is InChI=1S/C16H14Br2N2O2/c1-2-22-15-8-7-12(17)9-11(15)10-19-20-16(21)13-5-3-4-6-14(13)18/h3-10H,2H2,1H3,(H,20,21)/b19-10-. The lowest BCUT2D eigenvalue weighted by Crippen LogP contribution is -2.18. The Morgan fingerprint density at radius 1 is 1.27 bits per heavy atom. The maximum atomic E-state index is 12.0. The van der Waals surface area contributed by atoms with E-state index in [1.165, 1.54) is 0 Å². The van der Waals surface area contributed by atoms with Crippen molar-refractivity contribution in [2.75, 3.05) is 6.61 Å². The summed E-state index contributed by atoms with van der Waals surface area (Å²) in [4.78, 5) is 12.0. The second-order valence-electron chi connectivity index (χ2n) is 4.29. The zero-order chi connectivity index (χ0) is 15.9. The summed E-state index contributed by atoms with van der Waals surface area (Å²) in [6.45, 7) is 2.48. The molecule has 0 radical (unpaired) electrons. The Hall–Kier alpha value is -1.66. The number of benzene rings is 2. The van der Waals surface area contributed by atoms with Crippen LogP contribution in [0.25, 0.3) is 0 Å². The van der Waals surface area contributed by atoms with E-state index in [9.17, 15) is 4.79 Å². The average molecular weight is 426 g/mol. The van der Waals surface area contributed by atoms with Crippen molar-refractivity contribution < 1.29 is 9.53 Å². The van der Waals surface area contributed by atoms with E-state index < -0.39 is 0 Å². The van der Waals surface area contributed by atoms with E-state index in [0.29, 0.717) is 17.9 Å². The van der Waals surface area contributed by atoms with Crippen LogP contribution in [0.2, 0.25) is 0 Å². The molecule has 2 aromatic carbocycles. The van der Waals surface area contributed by atoms with E-state index in [1.807, 2.05) is 31.2 Å². The molecule has 0 unspecified atom stereocenters. The molecule has 0 atom stereocenters. The molecule has 22 heavy (non-hydrogen) atoms. The van der Waals surface area contributed by atoms with Crippen molar-refractivity contribution in [2.45, 2.75) is 6.92 Å². The van der Waals surface area contributed by atoms with Crippen LogP contribution >= 0.6 is 31.9 Å². The topological polar surface area (TPSA) is 50.7 Å². The van der Waals surface area contributed by atoms with E-state index in [4.69, 9.17) is 4.74 Å². The molecule has 0 aliphatic heterocycles. The quantitative estimate of drug-likeness (QED) is 0.571. The fourth-order valence-corrected chi connectivity index (χ4v) is 2.62. The zero-order valence-electron chi connectivity index (χ0n) is 11.8. The molecule has 2 aromatic rings. The van der Waals surface area contributed by atoms with E-state index in [-0.39, 0.29) is 5.91 Å². The van der Waals surface area contributed by atoms with Crippen LogP contribution in [0, 0.1) is 0 Å². The van der Waals surface area contributed by atoms with Gasteiger partial charge < -0.3 is 4.74 Å². The highest BCUT2D eigenvalue weighted by atomic mass is 79.9. The average Bonchev–Trinajstić information content (AvgIpc) is 2.50. The van der Waals surface area contributed by atoms with Crippen LogP contribution in [0.1, 0.15) is 22.8 Å². The van der Waals surface area contributed by atoms with Crippen LogP contribution in [-0.4, -0.2) is 18.7 Å². The molecule has 114 valence electrons. The number of ether oxygens (including phenoxy) is 1. The Bertz CT molecular complexity index is 702. The molecule has 0 aliphatic rings. The van der Waals surface area contributed by atoms with Crippen LogP contribution in [0.5, 0.6) is 5.75 Å². The first-order chi connectivity index (χ1) is 10.6. The van der Waals surface area contributed by atoms with Gasteiger partial charge in [0.05, 0.1) is 18.4 Å². The molecule has 0 aromatic heterocycles. The second-order valence-corrected chi connectivity index (χ2v) is 6.06. The molecule has 0 aliphatic carbocycles. The number of hydrogen-bond donors (Lipinski definition) is 1. The van der Waals surface area contributed by atoms with Crippen molar-refractivity contribution >= 4 is 44.0 Å². The second kappa shape index (κ2) is 8.10. The lowest BCUT2D eigenvalue weighted by molar-refractivity contribution is 0.0954. The maximum absolute atomic E-state index is 12.0. The van der Waals surface area contributed by atoms with E-state index in [0.717, 1.165) is 14.5 Å². The lowest BCUT2D eigenvalue weighted by Gasteiger charge is -2.07. The number of rotatable bonds is 5. The summed E-state index contributed by atoms with van der Waals surface area (Å²) in [5.74, 6) is 0.432. The van der Waals surface area contributed by atoms with Gasteiger partial charge in [-0.15, -0.1) is 0 Å². The summed E-state index contributed by atoms with van der Waals surface area (Å²) in [6, 6.07) is 12.8. The highest BCUT2D eigenvalue weighted by Gasteiger charge is 2.08. The number of nitrogens with one attached hydrogen (secondary N) is 1. The van der Waals surface area contributed by atoms with Gasteiger partial charge in [-0.2, -0.15) is 5.10 Å². The van der Waals surface area contributed by atoms with Crippen LogP contribution < -0.4 is 10.2 Å². The molecular formula is C16H14Br2N2O2. The number of carbonyl (C=O) groups excluding carboxylic acids is 1. The predicted molar refractivity (Wildman–Crippen MR) is 94.5 cm³/mol. The summed E-state index contributed by atoms with van der Waals surface area (Å²) < 4.78 is 7.15. The van der Waals surface area contributed by atoms with Crippen molar-refractivity contribution in [3.63, 3.8) is 0 Å². The summed E-state index contributed by atoms with van der Waals surface area (Å²) in [7, 11) is 0. The molecule has 4 nitrogen and oxygen atoms in total. The number of nitrogens with zero attached hydrogens (tertiary/aromatic N) is 1. The van der Waals surface area contributed by atoms with Crippen molar-refractivity contribution in [1.29, 1.82) is 0 Å². The van der Waals surface area contributed by atoms with Gasteiger partial charge in [-0.1, -0.05) is 28.1 Å². The van der Waals surface area contributed by atoms with Crippen LogP contribution in [0.3, 0.4) is 0 Å². The number of halogens is 2. The smallest absolute Gasteiger partial charge is 0.272 e. The zero-order valence-corrected chi connectivity index (χ0v) is 15.0. The SMILES string of the molecule is CCOc1ccc(Br)cc1/C=N\NC(=O)c1ccccc1Br. The van der Waals surface area contributed by atoms with Gasteiger partial charge >= 0.3 is 0 Å². The molecule has 1 amide bonds. The van der Waals surface area contributed by atoms with Crippen molar-refractivity contribution in [2.24, 2.45) is 5.10 Å². The molecule has 0 bridgehead atoms. The molecule has 0 fully saturated rings. The molecule has 0 saturated carbocycles. The molecule has 2 rings (SSSR count). The minimum Gasteiger partial charge on any atom is -0.493 e. The maximum Gasteiger partial charge on any atom is 0.272 e. The van der Waals surface area contributed by atoms with Crippen LogP contribution in [0.15, 0.2) is 56.5 Å². The van der Waals surface area contributed by atoms with E-state index in [1.54, 1.807) is 24.4 Å². The number of amides is 1. The normalized spacial score (nSPS) is 10.7. The van der Waals surface area contributed by atoms with Gasteiger partial charge in [0.15, 0.2) is 0 Å². The first-order valence-corrected chi connectivity index (χ1v) is 8.20. The van der Waals surface area contributed by atoms with Crippen molar-refractivity contribution in [3.05, 3.63) is 62.5 Å². The minimum absolute atomic E-state index is 0.281. The van der Waals surface area contributed by atoms with Crippen molar-refractivity contribution in [1.82, 2.24) is 5.43 Å². The summed E-state index contributed by atoms with van der Waals surface area (Å²) in [5.41, 5.74) is 3.81. The third kappa shape index (κ3) is 4.42. The minimum atomic E-state index is -0.281. The molecule has 0 spiro atoms. The third-order valence-electron chi connectivity index (χ3n) is 2.76.